The highest BCUT2D eigenvalue weighted by atomic mass is 17.2. The molecule has 0 atom stereocenters. The molecule has 0 aliphatic carbocycles. The average Bonchev–Trinajstić information content (AvgIpc) is 2.77. The third-order valence-corrected chi connectivity index (χ3v) is 5.17. The van der Waals surface area contributed by atoms with Gasteiger partial charge in [0.25, 0.3) is 0 Å². The van der Waals surface area contributed by atoms with E-state index in [9.17, 15) is 4.79 Å². The van der Waals surface area contributed by atoms with Gasteiger partial charge in [-0.15, -0.1) is 0 Å². The Kier molecular flexibility index (Phi) is 6.60. The molecule has 0 N–H and O–H groups in total. The minimum Gasteiger partial charge on any atom is -0.496 e. The second-order valence-electron chi connectivity index (χ2n) is 6.73. The molecule has 0 amide bonds. The normalized spacial score (nSPS) is 10.8. The van der Waals surface area contributed by atoms with E-state index in [1.165, 1.54) is 6.92 Å². The Labute approximate surface area is 180 Å². The number of carbonyl (C=O) groups excluding carboxylic acids is 1. The molecule has 0 aromatic heterocycles. The van der Waals surface area contributed by atoms with Crippen LogP contribution in [-0.4, -0.2) is 41.5 Å². The summed E-state index contributed by atoms with van der Waals surface area (Å²) in [5, 5.41) is 3.00. The van der Waals surface area contributed by atoms with Gasteiger partial charge in [0.15, 0.2) is 0 Å². The molecule has 0 spiro atoms. The number of methoxy groups -OCH3 is 5. The lowest BCUT2D eigenvalue weighted by atomic mass is 9.93. The fourth-order valence-corrected chi connectivity index (χ4v) is 3.86. The first kappa shape index (κ1) is 22.3. The second kappa shape index (κ2) is 9.18. The van der Waals surface area contributed by atoms with Gasteiger partial charge in [-0.05, 0) is 30.7 Å². The fraction of sp³-hybridized carbons (Fsp3) is 0.348. The molecule has 8 nitrogen and oxygen atoms in total. The SMILES string of the molecule is COc1cc2c(OC)c3c(OC)ccc(OC)c3c(OC)c2c(C)c1COOC(C)=O. The fourth-order valence-electron chi connectivity index (χ4n) is 3.86. The lowest BCUT2D eigenvalue weighted by Gasteiger charge is -2.22. The monoisotopic (exact) mass is 430 g/mol. The van der Waals surface area contributed by atoms with Crippen molar-refractivity contribution in [2.24, 2.45) is 0 Å². The van der Waals surface area contributed by atoms with Crippen LogP contribution >= 0.6 is 0 Å². The van der Waals surface area contributed by atoms with E-state index >= 15 is 0 Å². The van der Waals surface area contributed by atoms with Crippen molar-refractivity contribution in [3.8, 4) is 28.7 Å². The minimum atomic E-state index is -0.542. The van der Waals surface area contributed by atoms with Crippen molar-refractivity contribution in [1.82, 2.24) is 0 Å². The smallest absolute Gasteiger partial charge is 0.339 e. The molecule has 0 unspecified atom stereocenters. The van der Waals surface area contributed by atoms with E-state index in [1.807, 2.05) is 25.1 Å². The van der Waals surface area contributed by atoms with Crippen LogP contribution in [0.4, 0.5) is 0 Å². The van der Waals surface area contributed by atoms with E-state index in [1.54, 1.807) is 35.5 Å². The van der Waals surface area contributed by atoms with E-state index < -0.39 is 5.97 Å². The Balaban J connectivity index is 2.49. The molecule has 166 valence electrons. The Hall–Kier alpha value is -3.39. The minimum absolute atomic E-state index is 0.00325. The molecule has 0 heterocycles. The highest BCUT2D eigenvalue weighted by Crippen LogP contribution is 2.52. The van der Waals surface area contributed by atoms with Crippen LogP contribution in [0.5, 0.6) is 28.7 Å². The maximum Gasteiger partial charge on any atom is 0.339 e. The third-order valence-electron chi connectivity index (χ3n) is 5.17. The number of hydrogen-bond donors (Lipinski definition) is 0. The van der Waals surface area contributed by atoms with Gasteiger partial charge in [0.2, 0.25) is 0 Å². The number of benzene rings is 3. The summed E-state index contributed by atoms with van der Waals surface area (Å²) in [7, 11) is 7.94. The van der Waals surface area contributed by atoms with Crippen molar-refractivity contribution in [2.45, 2.75) is 20.5 Å². The van der Waals surface area contributed by atoms with Gasteiger partial charge in [-0.2, -0.15) is 4.89 Å². The number of rotatable bonds is 8. The van der Waals surface area contributed by atoms with Crippen LogP contribution in [0, 0.1) is 6.92 Å². The molecule has 3 aromatic rings. The van der Waals surface area contributed by atoms with E-state index in [0.717, 1.165) is 21.7 Å². The van der Waals surface area contributed by atoms with Gasteiger partial charge in [0.05, 0.1) is 46.3 Å². The summed E-state index contributed by atoms with van der Waals surface area (Å²) in [5.74, 6) is 2.43. The van der Waals surface area contributed by atoms with Crippen LogP contribution in [0.15, 0.2) is 18.2 Å². The van der Waals surface area contributed by atoms with Crippen LogP contribution in [0.3, 0.4) is 0 Å². The summed E-state index contributed by atoms with van der Waals surface area (Å²) in [6.07, 6.45) is 0. The van der Waals surface area contributed by atoms with Gasteiger partial charge in [0.1, 0.15) is 35.4 Å². The van der Waals surface area contributed by atoms with Crippen LogP contribution in [-0.2, 0) is 21.2 Å². The van der Waals surface area contributed by atoms with Gasteiger partial charge >= 0.3 is 5.97 Å². The Morgan fingerprint density at radius 1 is 0.774 bits per heavy atom. The molecular weight excluding hydrogens is 404 g/mol. The molecule has 0 aliphatic rings. The van der Waals surface area contributed by atoms with Crippen molar-refractivity contribution in [3.05, 3.63) is 29.3 Å². The summed E-state index contributed by atoms with van der Waals surface area (Å²) in [6, 6.07) is 5.48. The van der Waals surface area contributed by atoms with Gasteiger partial charge in [-0.1, -0.05) is 0 Å². The molecule has 8 heteroatoms. The zero-order valence-corrected chi connectivity index (χ0v) is 18.7. The van der Waals surface area contributed by atoms with Gasteiger partial charge in [-0.25, -0.2) is 4.79 Å². The van der Waals surface area contributed by atoms with Crippen molar-refractivity contribution < 1.29 is 38.3 Å². The van der Waals surface area contributed by atoms with Crippen LogP contribution in [0.2, 0.25) is 0 Å². The molecule has 0 bridgehead atoms. The maximum absolute atomic E-state index is 11.1. The summed E-state index contributed by atoms with van der Waals surface area (Å²) in [5.41, 5.74) is 1.53. The zero-order chi connectivity index (χ0) is 22.7. The van der Waals surface area contributed by atoms with E-state index in [2.05, 4.69) is 4.89 Å². The van der Waals surface area contributed by atoms with Crippen molar-refractivity contribution >= 4 is 27.5 Å². The van der Waals surface area contributed by atoms with Crippen molar-refractivity contribution in [3.63, 3.8) is 0 Å². The van der Waals surface area contributed by atoms with Gasteiger partial charge in [-0.3, -0.25) is 4.89 Å². The topological polar surface area (TPSA) is 81.7 Å². The molecule has 0 saturated carbocycles. The van der Waals surface area contributed by atoms with Gasteiger partial charge in [0, 0.05) is 23.3 Å². The quantitative estimate of drug-likeness (QED) is 0.297. The first-order valence-corrected chi connectivity index (χ1v) is 9.52. The van der Waals surface area contributed by atoms with E-state index in [-0.39, 0.29) is 6.61 Å². The van der Waals surface area contributed by atoms with Gasteiger partial charge < -0.3 is 23.7 Å². The number of aryl methyl sites for hydroxylation is 1. The lowest BCUT2D eigenvalue weighted by molar-refractivity contribution is -0.278. The van der Waals surface area contributed by atoms with Crippen LogP contribution in [0.25, 0.3) is 21.5 Å². The molecule has 3 rings (SSSR count). The second-order valence-corrected chi connectivity index (χ2v) is 6.73. The van der Waals surface area contributed by atoms with E-state index in [0.29, 0.717) is 39.7 Å². The Bertz CT molecular complexity index is 1140. The summed E-state index contributed by atoms with van der Waals surface area (Å²) < 4.78 is 28.6. The average molecular weight is 430 g/mol. The molecular formula is C23H26O8. The first-order valence-electron chi connectivity index (χ1n) is 9.52. The van der Waals surface area contributed by atoms with Crippen molar-refractivity contribution in [1.29, 1.82) is 0 Å². The predicted molar refractivity (Wildman–Crippen MR) is 116 cm³/mol. The predicted octanol–water partition coefficient (Wildman–Crippen LogP) is 4.34. The number of fused-ring (bicyclic) bond motifs is 2. The van der Waals surface area contributed by atoms with Crippen molar-refractivity contribution in [2.75, 3.05) is 35.5 Å². The highest BCUT2D eigenvalue weighted by Gasteiger charge is 2.25. The first-order chi connectivity index (χ1) is 14.9. The largest absolute Gasteiger partial charge is 0.496 e. The molecule has 0 radical (unpaired) electrons. The number of ether oxygens (including phenoxy) is 5. The highest BCUT2D eigenvalue weighted by molar-refractivity contribution is 6.16. The van der Waals surface area contributed by atoms with Crippen LogP contribution < -0.4 is 23.7 Å². The number of hydrogen-bond acceptors (Lipinski definition) is 8. The molecule has 0 aliphatic heterocycles. The summed E-state index contributed by atoms with van der Waals surface area (Å²) in [6.45, 7) is 3.19. The standard InChI is InChI=1S/C23H26O8/c1-12-15(11-30-31-13(2)24)18(27-5)10-14-19(12)23(29-7)21-17(26-4)9-8-16(25-3)20(21)22(14)28-6/h8-10H,11H2,1-7H3. The van der Waals surface area contributed by atoms with E-state index in [4.69, 9.17) is 28.6 Å². The Morgan fingerprint density at radius 3 is 1.81 bits per heavy atom. The number of carbonyl (C=O) groups is 1. The summed E-state index contributed by atoms with van der Waals surface area (Å²) >= 11 is 0. The maximum atomic E-state index is 11.1. The van der Waals surface area contributed by atoms with Crippen LogP contribution in [0.1, 0.15) is 18.1 Å². The zero-order valence-electron chi connectivity index (χ0n) is 18.7. The third kappa shape index (κ3) is 3.74. The summed E-state index contributed by atoms with van der Waals surface area (Å²) in [4.78, 5) is 20.9. The molecule has 3 aromatic carbocycles. The Morgan fingerprint density at radius 2 is 1.32 bits per heavy atom. The molecule has 0 saturated heterocycles. The lowest BCUT2D eigenvalue weighted by Crippen LogP contribution is -2.05. The molecule has 31 heavy (non-hydrogen) atoms. The molecule has 0 fully saturated rings.